The van der Waals surface area contributed by atoms with Gasteiger partial charge in [-0.2, -0.15) is 0 Å². The van der Waals surface area contributed by atoms with E-state index >= 15 is 17.6 Å². The third kappa shape index (κ3) is 11.0. The molecule has 16 aromatic carbocycles. The van der Waals surface area contributed by atoms with Crippen molar-refractivity contribution < 1.29 is 27.0 Å². The zero-order valence-corrected chi connectivity index (χ0v) is 57.3. The third-order valence-electron chi connectivity index (χ3n) is 21.1. The zero-order valence-electron chi connectivity index (χ0n) is 57.3. The predicted molar refractivity (Wildman–Crippen MR) is 424 cm³/mol. The molecule has 8 heteroatoms. The van der Waals surface area contributed by atoms with Crippen molar-refractivity contribution in [1.82, 2.24) is 0 Å². The number of rotatable bonds is 17. The monoisotopic (exact) mass is 1380 g/mol. The third-order valence-corrected chi connectivity index (χ3v) is 21.1. The lowest BCUT2D eigenvalue weighted by molar-refractivity contribution is 0.482. The molecule has 0 spiro atoms. The van der Waals surface area contributed by atoms with Crippen LogP contribution in [0.4, 0.5) is 51.7 Å². The summed E-state index contributed by atoms with van der Waals surface area (Å²) in [6, 6.07) is 116. The summed E-state index contributed by atoms with van der Waals surface area (Å²) in [5.41, 5.74) is 18.3. The normalized spacial score (nSPS) is 14.6. The number of benzene rings is 16. The van der Waals surface area contributed by atoms with E-state index in [9.17, 15) is 0 Å². The summed E-state index contributed by atoms with van der Waals surface area (Å²) in [5.74, 6) is -1.11. The van der Waals surface area contributed by atoms with Gasteiger partial charge in [-0.15, -0.1) is 0 Å². The molecule has 2 atom stereocenters. The van der Waals surface area contributed by atoms with Gasteiger partial charge in [0, 0.05) is 46.3 Å². The molecular weight excluding hydrogens is 1310 g/mol. The Labute approximate surface area is 612 Å². The van der Waals surface area contributed by atoms with Crippen LogP contribution in [0, 0.1) is 23.3 Å². The Morgan fingerprint density at radius 2 is 0.557 bits per heavy atom. The summed E-state index contributed by atoms with van der Waals surface area (Å²) >= 11 is 0. The fourth-order valence-corrected chi connectivity index (χ4v) is 16.1. The number of nitrogens with zero attached hydrogens (tertiary/aromatic N) is 2. The Hall–Kier alpha value is -13.6. The quantitative estimate of drug-likeness (QED) is 0.0849. The summed E-state index contributed by atoms with van der Waals surface area (Å²) < 4.78 is 74.9. The molecular formula is C98H64F4N2O2. The summed E-state index contributed by atoms with van der Waals surface area (Å²) in [7, 11) is 0. The lowest BCUT2D eigenvalue weighted by Gasteiger charge is -2.35. The fraction of sp³-hybridized carbons (Fsp3) is 0.0204. The van der Waals surface area contributed by atoms with Crippen LogP contribution in [0.15, 0.2) is 365 Å². The summed E-state index contributed by atoms with van der Waals surface area (Å²) in [6.45, 7) is 7.81. The van der Waals surface area contributed by atoms with Gasteiger partial charge in [-0.3, -0.25) is 0 Å². The smallest absolute Gasteiger partial charge is 0.160 e. The number of halogens is 4. The fourth-order valence-electron chi connectivity index (χ4n) is 16.1. The summed E-state index contributed by atoms with van der Waals surface area (Å²) in [5, 5.41) is 4.40. The largest absolute Gasteiger partial charge is 0.457 e. The Balaban J connectivity index is 0.731. The molecule has 0 N–H and O–H groups in total. The van der Waals surface area contributed by atoms with Crippen molar-refractivity contribution in [2.45, 2.75) is 10.8 Å². The van der Waals surface area contributed by atoms with Crippen molar-refractivity contribution in [1.29, 1.82) is 0 Å². The van der Waals surface area contributed by atoms with E-state index in [1.165, 1.54) is 24.3 Å². The van der Waals surface area contributed by atoms with Crippen LogP contribution in [0.5, 0.6) is 23.0 Å². The van der Waals surface area contributed by atoms with Gasteiger partial charge in [0.15, 0.2) is 23.3 Å². The molecule has 106 heavy (non-hydrogen) atoms. The van der Waals surface area contributed by atoms with Gasteiger partial charge in [0.05, 0.1) is 10.8 Å². The van der Waals surface area contributed by atoms with E-state index < -0.39 is 34.1 Å². The molecule has 2 aliphatic carbocycles. The molecule has 0 aliphatic heterocycles. The molecule has 2 unspecified atom stereocenters. The number of anilines is 6. The van der Waals surface area contributed by atoms with E-state index in [0.717, 1.165) is 122 Å². The standard InChI is InChI=1S/C98H64F4N2O2/c1-3-63-21-45-81(46-22-63)105-83-49-33-71(34-50-83)97(73-31-25-65-13-5-7-15-69(65)57-73)89-19-11-9-17-85(89)87-53-41-77(59-91(87)97)103(79-43-55-93(99)95(101)61-79)75-37-27-67(28-38-75)68-29-39-76(40-30-68)104(80-44-56-94(100)96(102)62-80)78-42-54-88-86-18-10-12-20-90(86)98(92(88)60-78,74-32-26-66-14-6-8-16-70(66)58-74)72-35-51-84(52-36-72)106-82-47-23-64(4-2)24-48-82/h3-62H,1-2H2. The second kappa shape index (κ2) is 26.4. The van der Waals surface area contributed by atoms with E-state index in [0.29, 0.717) is 45.7 Å². The first kappa shape index (κ1) is 64.5. The maximum Gasteiger partial charge on any atom is 0.160 e. The molecule has 506 valence electrons. The van der Waals surface area contributed by atoms with E-state index in [4.69, 9.17) is 9.47 Å². The van der Waals surface area contributed by atoms with Gasteiger partial charge >= 0.3 is 0 Å². The van der Waals surface area contributed by atoms with Gasteiger partial charge in [-0.1, -0.05) is 232 Å². The first-order valence-electron chi connectivity index (χ1n) is 35.2. The molecule has 18 rings (SSSR count). The van der Waals surface area contributed by atoms with Crippen LogP contribution in [0.2, 0.25) is 0 Å². The minimum atomic E-state index is -0.980. The van der Waals surface area contributed by atoms with Crippen molar-refractivity contribution in [3.63, 3.8) is 0 Å². The molecule has 0 saturated carbocycles. The highest BCUT2D eigenvalue weighted by molar-refractivity contribution is 5.95. The van der Waals surface area contributed by atoms with Crippen LogP contribution >= 0.6 is 0 Å². The van der Waals surface area contributed by atoms with E-state index in [1.807, 2.05) is 131 Å². The van der Waals surface area contributed by atoms with Crippen molar-refractivity contribution in [3.8, 4) is 56.4 Å². The molecule has 2 aliphatic rings. The topological polar surface area (TPSA) is 24.9 Å². The van der Waals surface area contributed by atoms with Crippen molar-refractivity contribution in [2.24, 2.45) is 0 Å². The van der Waals surface area contributed by atoms with Gasteiger partial charge in [0.2, 0.25) is 0 Å². The van der Waals surface area contributed by atoms with Gasteiger partial charge < -0.3 is 19.3 Å². The Morgan fingerprint density at radius 1 is 0.245 bits per heavy atom. The highest BCUT2D eigenvalue weighted by Crippen LogP contribution is 2.60. The molecule has 0 aromatic heterocycles. The molecule has 0 amide bonds. The maximum absolute atomic E-state index is 15.9. The molecule has 0 fully saturated rings. The van der Waals surface area contributed by atoms with Crippen molar-refractivity contribution >= 4 is 67.8 Å². The van der Waals surface area contributed by atoms with Gasteiger partial charge in [-0.05, 0) is 244 Å². The average molecular weight is 1380 g/mol. The second-order valence-corrected chi connectivity index (χ2v) is 26.9. The van der Waals surface area contributed by atoms with E-state index in [1.54, 1.807) is 24.3 Å². The Morgan fingerprint density at radius 3 is 0.934 bits per heavy atom. The molecule has 0 heterocycles. The van der Waals surface area contributed by atoms with Crippen LogP contribution < -0.4 is 19.3 Å². The lowest BCUT2D eigenvalue weighted by Crippen LogP contribution is -2.29. The number of hydrogen-bond donors (Lipinski definition) is 0. The minimum absolute atomic E-state index is 0.418. The van der Waals surface area contributed by atoms with E-state index in [2.05, 4.69) is 207 Å². The molecule has 16 aromatic rings. The molecule has 4 nitrogen and oxygen atoms in total. The van der Waals surface area contributed by atoms with Gasteiger partial charge in [0.25, 0.3) is 0 Å². The number of hydrogen-bond acceptors (Lipinski definition) is 4. The van der Waals surface area contributed by atoms with Crippen molar-refractivity contribution in [3.05, 3.63) is 444 Å². The molecule has 0 radical (unpaired) electrons. The Kier molecular flexibility index (Phi) is 16.0. The molecule has 0 bridgehead atoms. The highest BCUT2D eigenvalue weighted by atomic mass is 19.2. The lowest BCUT2D eigenvalue weighted by atomic mass is 9.67. The van der Waals surface area contributed by atoms with Crippen LogP contribution in [-0.4, -0.2) is 0 Å². The maximum atomic E-state index is 15.9. The summed E-state index contributed by atoms with van der Waals surface area (Å²) in [6.07, 6.45) is 3.61. The van der Waals surface area contributed by atoms with Crippen LogP contribution in [0.25, 0.3) is 67.1 Å². The first-order valence-corrected chi connectivity index (χ1v) is 35.2. The molecule has 0 saturated heterocycles. The summed E-state index contributed by atoms with van der Waals surface area (Å²) in [4.78, 5) is 3.94. The highest BCUT2D eigenvalue weighted by Gasteiger charge is 2.48. The number of fused-ring (bicyclic) bond motifs is 8. The van der Waals surface area contributed by atoms with Gasteiger partial charge in [-0.25, -0.2) is 17.6 Å². The van der Waals surface area contributed by atoms with Gasteiger partial charge in [0.1, 0.15) is 23.0 Å². The van der Waals surface area contributed by atoms with Crippen LogP contribution in [-0.2, 0) is 10.8 Å². The zero-order chi connectivity index (χ0) is 71.6. The Bertz CT molecular complexity index is 5740. The van der Waals surface area contributed by atoms with Crippen molar-refractivity contribution in [2.75, 3.05) is 9.80 Å². The first-order chi connectivity index (χ1) is 52.0. The van der Waals surface area contributed by atoms with Crippen LogP contribution in [0.1, 0.15) is 55.6 Å². The van der Waals surface area contributed by atoms with Crippen LogP contribution in [0.3, 0.4) is 0 Å². The van der Waals surface area contributed by atoms with E-state index in [-0.39, 0.29) is 0 Å². The minimum Gasteiger partial charge on any atom is -0.457 e. The average Bonchev–Trinajstić information content (AvgIpc) is 1.54. The number of ether oxygens (including phenoxy) is 2. The second-order valence-electron chi connectivity index (χ2n) is 26.9. The SMILES string of the molecule is C=Cc1ccc(Oc2ccc(C3(c4ccc5ccccc5c4)c4ccccc4-c4ccc(N(c5ccc(-c6ccc(N(c7ccc(F)c(F)c7)c7ccc8c(c7)C(c7ccc(Oc9ccc(C=C)cc9)cc7)(c7ccc9ccccc9c7)c7ccccc7-8)cc6)cc5)c5ccc(F)c(F)c5)cc43)cc2)cc1. The predicted octanol–water partition coefficient (Wildman–Crippen LogP) is 26.8.